The second-order valence-electron chi connectivity index (χ2n) is 8.21. The Balaban J connectivity index is 1.28. The molecule has 162 valence electrons. The third kappa shape index (κ3) is 4.74. The summed E-state index contributed by atoms with van der Waals surface area (Å²) >= 11 is 1.70. The summed E-state index contributed by atoms with van der Waals surface area (Å²) in [5.41, 5.74) is 3.52. The minimum Gasteiger partial charge on any atom is -0.349 e. The van der Waals surface area contributed by atoms with Crippen molar-refractivity contribution < 1.29 is 4.79 Å². The summed E-state index contributed by atoms with van der Waals surface area (Å²) in [6.07, 6.45) is 0.428. The molecule has 1 aliphatic heterocycles. The highest BCUT2D eigenvalue weighted by molar-refractivity contribution is 7.99. The van der Waals surface area contributed by atoms with Gasteiger partial charge >= 0.3 is 0 Å². The lowest BCUT2D eigenvalue weighted by atomic mass is 10.1. The first kappa shape index (κ1) is 20.9. The number of para-hydroxylation sites is 1. The number of fused-ring (bicyclic) bond motifs is 1. The third-order valence-electron chi connectivity index (χ3n) is 6.04. The maximum atomic E-state index is 13.3. The number of benzene rings is 3. The van der Waals surface area contributed by atoms with Gasteiger partial charge in [0.2, 0.25) is 5.91 Å². The highest BCUT2D eigenvalue weighted by atomic mass is 32.2. The van der Waals surface area contributed by atoms with Crippen molar-refractivity contribution in [2.45, 2.75) is 22.9 Å². The van der Waals surface area contributed by atoms with Crippen LogP contribution in [0.1, 0.15) is 11.1 Å². The second kappa shape index (κ2) is 9.63. The maximum Gasteiger partial charge on any atom is 0.227 e. The standard InChI is InChI=1S/C27H27N3OS/c31-26(30-17-15-29(16-18-30)20-21-9-3-1-4-10-21)19-24-23-13-7-8-14-25(23)28-27(24)32-22-11-5-2-6-12-22/h1-14,28H,15-20H2. The van der Waals surface area contributed by atoms with Crippen LogP contribution >= 0.6 is 11.8 Å². The highest BCUT2D eigenvalue weighted by Crippen LogP contribution is 2.35. The van der Waals surface area contributed by atoms with Crippen LogP contribution in [0.2, 0.25) is 0 Å². The molecule has 1 aromatic heterocycles. The van der Waals surface area contributed by atoms with Crippen LogP contribution < -0.4 is 0 Å². The van der Waals surface area contributed by atoms with Gasteiger partial charge in [-0.1, -0.05) is 78.5 Å². The first-order valence-electron chi connectivity index (χ1n) is 11.1. The SMILES string of the molecule is O=C(Cc1c(Sc2ccccc2)[nH]c2ccccc12)N1CCN(Cc2ccccc2)CC1. The van der Waals surface area contributed by atoms with Gasteiger partial charge in [0.25, 0.3) is 0 Å². The third-order valence-corrected chi connectivity index (χ3v) is 7.10. The number of aromatic nitrogens is 1. The lowest BCUT2D eigenvalue weighted by molar-refractivity contribution is -0.132. The zero-order valence-electron chi connectivity index (χ0n) is 18.0. The average molecular weight is 442 g/mol. The number of hydrogen-bond acceptors (Lipinski definition) is 3. The molecule has 3 aromatic carbocycles. The molecule has 32 heavy (non-hydrogen) atoms. The van der Waals surface area contributed by atoms with Gasteiger partial charge in [0.15, 0.2) is 0 Å². The largest absolute Gasteiger partial charge is 0.349 e. The molecule has 0 atom stereocenters. The van der Waals surface area contributed by atoms with E-state index in [0.717, 1.165) is 54.2 Å². The predicted octanol–water partition coefficient (Wildman–Crippen LogP) is 5.21. The van der Waals surface area contributed by atoms with Crippen molar-refractivity contribution in [3.05, 3.63) is 96.1 Å². The summed E-state index contributed by atoms with van der Waals surface area (Å²) in [6.45, 7) is 4.35. The van der Waals surface area contributed by atoms with E-state index >= 15 is 0 Å². The number of H-pyrrole nitrogens is 1. The van der Waals surface area contributed by atoms with Crippen LogP contribution in [0.5, 0.6) is 0 Å². The number of carbonyl (C=O) groups is 1. The number of nitrogens with one attached hydrogen (secondary N) is 1. The zero-order chi connectivity index (χ0) is 21.8. The summed E-state index contributed by atoms with van der Waals surface area (Å²) in [4.78, 5) is 22.4. The molecule has 0 spiro atoms. The molecular weight excluding hydrogens is 414 g/mol. The molecule has 0 saturated carbocycles. The van der Waals surface area contributed by atoms with Crippen LogP contribution in [0.3, 0.4) is 0 Å². The van der Waals surface area contributed by atoms with Crippen LogP contribution in [-0.2, 0) is 17.8 Å². The van der Waals surface area contributed by atoms with Crippen LogP contribution in [-0.4, -0.2) is 46.9 Å². The van der Waals surface area contributed by atoms with Crippen molar-refractivity contribution in [3.63, 3.8) is 0 Å². The molecule has 5 heteroatoms. The fourth-order valence-corrected chi connectivity index (χ4v) is 5.30. The molecule has 0 unspecified atom stereocenters. The lowest BCUT2D eigenvalue weighted by Gasteiger charge is -2.35. The minimum absolute atomic E-state index is 0.212. The van der Waals surface area contributed by atoms with E-state index in [2.05, 4.69) is 64.5 Å². The highest BCUT2D eigenvalue weighted by Gasteiger charge is 2.23. The molecule has 5 rings (SSSR count). The van der Waals surface area contributed by atoms with E-state index in [4.69, 9.17) is 0 Å². The molecule has 4 nitrogen and oxygen atoms in total. The number of nitrogens with zero attached hydrogens (tertiary/aromatic N) is 2. The minimum atomic E-state index is 0.212. The van der Waals surface area contributed by atoms with Gasteiger partial charge < -0.3 is 9.88 Å². The molecule has 1 N–H and O–H groups in total. The van der Waals surface area contributed by atoms with Gasteiger partial charge in [0.05, 0.1) is 11.4 Å². The molecule has 1 fully saturated rings. The number of rotatable bonds is 6. The van der Waals surface area contributed by atoms with Crippen LogP contribution in [0.15, 0.2) is 94.9 Å². The van der Waals surface area contributed by atoms with Gasteiger partial charge in [0, 0.05) is 54.1 Å². The van der Waals surface area contributed by atoms with Crippen molar-refractivity contribution in [1.29, 1.82) is 0 Å². The molecule has 2 heterocycles. The Kier molecular flexibility index (Phi) is 6.28. The van der Waals surface area contributed by atoms with Crippen molar-refractivity contribution in [1.82, 2.24) is 14.8 Å². The number of amides is 1. The Morgan fingerprint density at radius 3 is 2.22 bits per heavy atom. The topological polar surface area (TPSA) is 39.3 Å². The van der Waals surface area contributed by atoms with Gasteiger partial charge in [-0.05, 0) is 23.8 Å². The molecule has 4 aromatic rings. The fraction of sp³-hybridized carbons (Fsp3) is 0.222. The van der Waals surface area contributed by atoms with E-state index in [9.17, 15) is 4.79 Å². The van der Waals surface area contributed by atoms with E-state index in [-0.39, 0.29) is 5.91 Å². The maximum absolute atomic E-state index is 13.3. The van der Waals surface area contributed by atoms with Gasteiger partial charge in [-0.3, -0.25) is 9.69 Å². The number of carbonyl (C=O) groups excluding carboxylic acids is 1. The Bertz CT molecular complexity index is 1180. The van der Waals surface area contributed by atoms with E-state index in [0.29, 0.717) is 6.42 Å². The van der Waals surface area contributed by atoms with Crippen LogP contribution in [0, 0.1) is 0 Å². The zero-order valence-corrected chi connectivity index (χ0v) is 18.9. The average Bonchev–Trinajstić information content (AvgIpc) is 3.17. The fourth-order valence-electron chi connectivity index (χ4n) is 4.30. The van der Waals surface area contributed by atoms with Crippen molar-refractivity contribution >= 4 is 28.6 Å². The first-order valence-corrected chi connectivity index (χ1v) is 11.9. The van der Waals surface area contributed by atoms with Gasteiger partial charge in [-0.2, -0.15) is 0 Å². The van der Waals surface area contributed by atoms with Crippen LogP contribution in [0.4, 0.5) is 0 Å². The number of aromatic amines is 1. The quantitative estimate of drug-likeness (QED) is 0.447. The second-order valence-corrected chi connectivity index (χ2v) is 9.30. The summed E-state index contributed by atoms with van der Waals surface area (Å²) in [6, 6.07) is 29.2. The van der Waals surface area contributed by atoms with Gasteiger partial charge in [-0.15, -0.1) is 0 Å². The Hall–Kier alpha value is -3.02. The monoisotopic (exact) mass is 441 g/mol. The Morgan fingerprint density at radius 1 is 0.812 bits per heavy atom. The molecule has 0 aliphatic carbocycles. The van der Waals surface area contributed by atoms with E-state index < -0.39 is 0 Å². The Morgan fingerprint density at radius 2 is 1.47 bits per heavy atom. The molecule has 0 radical (unpaired) electrons. The van der Waals surface area contributed by atoms with E-state index in [1.165, 1.54) is 10.5 Å². The smallest absolute Gasteiger partial charge is 0.227 e. The summed E-state index contributed by atoms with van der Waals surface area (Å²) in [5.74, 6) is 0.212. The molecule has 1 aliphatic rings. The van der Waals surface area contributed by atoms with Crippen molar-refractivity contribution in [2.24, 2.45) is 0 Å². The molecule has 1 amide bonds. The number of hydrogen-bond donors (Lipinski definition) is 1. The molecular formula is C27H27N3OS. The first-order chi connectivity index (χ1) is 15.8. The van der Waals surface area contributed by atoms with E-state index in [1.807, 2.05) is 35.2 Å². The number of piperazine rings is 1. The summed E-state index contributed by atoms with van der Waals surface area (Å²) in [5, 5.41) is 2.20. The molecule has 1 saturated heterocycles. The van der Waals surface area contributed by atoms with Gasteiger partial charge in [-0.25, -0.2) is 0 Å². The lowest BCUT2D eigenvalue weighted by Crippen LogP contribution is -2.48. The predicted molar refractivity (Wildman–Crippen MR) is 131 cm³/mol. The van der Waals surface area contributed by atoms with E-state index in [1.54, 1.807) is 11.8 Å². The van der Waals surface area contributed by atoms with Crippen molar-refractivity contribution in [2.75, 3.05) is 26.2 Å². The Labute approximate surface area is 193 Å². The van der Waals surface area contributed by atoms with Gasteiger partial charge in [0.1, 0.15) is 0 Å². The summed E-state index contributed by atoms with van der Waals surface area (Å²) in [7, 11) is 0. The molecule has 0 bridgehead atoms. The van der Waals surface area contributed by atoms with Crippen molar-refractivity contribution in [3.8, 4) is 0 Å². The van der Waals surface area contributed by atoms with Crippen LogP contribution in [0.25, 0.3) is 10.9 Å². The normalized spacial score (nSPS) is 14.7. The summed E-state index contributed by atoms with van der Waals surface area (Å²) < 4.78 is 0.